The number of aromatic nitrogens is 1. The molecule has 0 saturated carbocycles. The summed E-state index contributed by atoms with van der Waals surface area (Å²) in [5.41, 5.74) is 3.10. The minimum absolute atomic E-state index is 0.0280. The van der Waals surface area contributed by atoms with E-state index in [1.165, 1.54) is 23.9 Å². The zero-order chi connectivity index (χ0) is 17.6. The van der Waals surface area contributed by atoms with Gasteiger partial charge in [-0.1, -0.05) is 42.1 Å². The first kappa shape index (κ1) is 17.4. The Kier molecular flexibility index (Phi) is 5.66. The average molecular weight is 354 g/mol. The van der Waals surface area contributed by atoms with Gasteiger partial charge >= 0.3 is 0 Å². The smallest absolute Gasteiger partial charge is 0.230 e. The molecule has 1 amide bonds. The second kappa shape index (κ2) is 8.12. The van der Waals surface area contributed by atoms with Crippen LogP contribution in [0.15, 0.2) is 59.6 Å². The summed E-state index contributed by atoms with van der Waals surface area (Å²) in [5.74, 6) is 0.0517. The molecule has 0 saturated heterocycles. The molecular weight excluding hydrogens is 335 g/mol. The Morgan fingerprint density at radius 2 is 1.92 bits per heavy atom. The lowest BCUT2D eigenvalue weighted by Crippen LogP contribution is -2.27. The van der Waals surface area contributed by atoms with Crippen molar-refractivity contribution in [3.05, 3.63) is 71.5 Å². The number of nitrogens with zero attached hydrogens (tertiary/aromatic N) is 1. The highest BCUT2D eigenvalue weighted by Gasteiger charge is 2.06. The monoisotopic (exact) mass is 354 g/mol. The molecule has 128 valence electrons. The summed E-state index contributed by atoms with van der Waals surface area (Å²) in [7, 11) is 0. The Balaban J connectivity index is 1.49. The number of nitrogens with one attached hydrogen (secondary N) is 1. The third-order valence-corrected chi connectivity index (χ3v) is 4.81. The molecule has 0 aliphatic rings. The van der Waals surface area contributed by atoms with Crippen LogP contribution in [0.4, 0.5) is 4.39 Å². The molecule has 0 spiro atoms. The fourth-order valence-corrected chi connectivity index (χ4v) is 3.38. The van der Waals surface area contributed by atoms with Gasteiger partial charge in [0.1, 0.15) is 5.82 Å². The van der Waals surface area contributed by atoms with Gasteiger partial charge in [-0.25, -0.2) is 9.37 Å². The summed E-state index contributed by atoms with van der Waals surface area (Å²) in [5, 5.41) is 4.87. The molecule has 0 radical (unpaired) electrons. The van der Waals surface area contributed by atoms with Crippen LogP contribution in [0.3, 0.4) is 0 Å². The quantitative estimate of drug-likeness (QED) is 0.677. The van der Waals surface area contributed by atoms with E-state index in [4.69, 9.17) is 0 Å². The lowest BCUT2D eigenvalue weighted by Gasteiger charge is -2.07. The van der Waals surface area contributed by atoms with E-state index < -0.39 is 0 Å². The lowest BCUT2D eigenvalue weighted by atomic mass is 10.1. The van der Waals surface area contributed by atoms with Crippen molar-refractivity contribution in [2.24, 2.45) is 0 Å². The largest absolute Gasteiger partial charge is 0.355 e. The molecule has 0 bridgehead atoms. The summed E-state index contributed by atoms with van der Waals surface area (Å²) < 4.78 is 12.8. The summed E-state index contributed by atoms with van der Waals surface area (Å²) >= 11 is 1.43. The first-order valence-corrected chi connectivity index (χ1v) is 9.11. The minimum Gasteiger partial charge on any atom is -0.355 e. The Bertz CT molecular complexity index is 881. The average Bonchev–Trinajstić information content (AvgIpc) is 2.62. The van der Waals surface area contributed by atoms with Crippen molar-refractivity contribution in [1.29, 1.82) is 0 Å². The van der Waals surface area contributed by atoms with E-state index >= 15 is 0 Å². The third kappa shape index (κ3) is 4.79. The summed E-state index contributed by atoms with van der Waals surface area (Å²) in [4.78, 5) is 16.6. The van der Waals surface area contributed by atoms with E-state index in [0.717, 1.165) is 27.1 Å². The molecule has 0 aliphatic carbocycles. The number of carbonyl (C=O) groups is 1. The number of halogens is 1. The van der Waals surface area contributed by atoms with Gasteiger partial charge in [-0.15, -0.1) is 0 Å². The molecule has 1 N–H and O–H groups in total. The fraction of sp³-hybridized carbons (Fsp3) is 0.200. The molecule has 3 rings (SSSR count). The van der Waals surface area contributed by atoms with Crippen LogP contribution in [-0.4, -0.2) is 23.2 Å². The summed E-state index contributed by atoms with van der Waals surface area (Å²) in [6.07, 6.45) is 0.685. The molecule has 0 fully saturated rings. The topological polar surface area (TPSA) is 42.0 Å². The molecular formula is C20H19FN2OS. The number of aryl methyl sites for hydroxylation is 1. The Labute approximate surface area is 150 Å². The van der Waals surface area contributed by atoms with Crippen molar-refractivity contribution in [2.75, 3.05) is 12.3 Å². The van der Waals surface area contributed by atoms with Crippen LogP contribution in [-0.2, 0) is 11.2 Å². The van der Waals surface area contributed by atoms with E-state index in [1.54, 1.807) is 12.1 Å². The molecule has 5 heteroatoms. The summed E-state index contributed by atoms with van der Waals surface area (Å²) in [6.45, 7) is 2.59. The molecule has 25 heavy (non-hydrogen) atoms. The van der Waals surface area contributed by atoms with Crippen molar-refractivity contribution in [3.8, 4) is 0 Å². The number of pyridine rings is 1. The maximum Gasteiger partial charge on any atom is 0.230 e. The van der Waals surface area contributed by atoms with Crippen LogP contribution in [0, 0.1) is 12.7 Å². The predicted molar refractivity (Wildman–Crippen MR) is 100 cm³/mol. The van der Waals surface area contributed by atoms with Gasteiger partial charge in [0.15, 0.2) is 0 Å². The number of para-hydroxylation sites is 1. The van der Waals surface area contributed by atoms with Crippen LogP contribution in [0.2, 0.25) is 0 Å². The van der Waals surface area contributed by atoms with Crippen molar-refractivity contribution in [3.63, 3.8) is 0 Å². The van der Waals surface area contributed by atoms with Crippen LogP contribution in [0.25, 0.3) is 10.9 Å². The van der Waals surface area contributed by atoms with Crippen LogP contribution < -0.4 is 5.32 Å². The third-order valence-electron chi connectivity index (χ3n) is 3.90. The molecule has 1 heterocycles. The van der Waals surface area contributed by atoms with E-state index in [2.05, 4.69) is 17.2 Å². The van der Waals surface area contributed by atoms with Crippen LogP contribution in [0.5, 0.6) is 0 Å². The second-order valence-electron chi connectivity index (χ2n) is 5.81. The van der Waals surface area contributed by atoms with E-state index in [9.17, 15) is 9.18 Å². The second-order valence-corrected chi connectivity index (χ2v) is 6.81. The molecule has 3 nitrogen and oxygen atoms in total. The van der Waals surface area contributed by atoms with E-state index in [0.29, 0.717) is 18.7 Å². The van der Waals surface area contributed by atoms with Crippen molar-refractivity contribution >= 4 is 28.6 Å². The summed E-state index contributed by atoms with van der Waals surface area (Å²) in [6, 6.07) is 16.3. The minimum atomic E-state index is -0.248. The molecule has 3 aromatic rings. The number of rotatable bonds is 6. The molecule has 1 aromatic heterocycles. The van der Waals surface area contributed by atoms with Crippen molar-refractivity contribution < 1.29 is 9.18 Å². The number of fused-ring (bicyclic) bond motifs is 1. The first-order valence-electron chi connectivity index (χ1n) is 8.12. The van der Waals surface area contributed by atoms with Gasteiger partial charge in [-0.05, 0) is 48.7 Å². The SMILES string of the molecule is Cc1cc(SCC(=O)NCCc2ccc(F)cc2)nc2ccccc12. The van der Waals surface area contributed by atoms with Crippen molar-refractivity contribution in [1.82, 2.24) is 10.3 Å². The molecule has 0 unspecified atom stereocenters. The number of hydrogen-bond acceptors (Lipinski definition) is 3. The maximum atomic E-state index is 12.8. The number of hydrogen-bond donors (Lipinski definition) is 1. The van der Waals surface area contributed by atoms with Gasteiger partial charge in [-0.3, -0.25) is 4.79 Å². The first-order chi connectivity index (χ1) is 12.1. The lowest BCUT2D eigenvalue weighted by molar-refractivity contribution is -0.118. The van der Waals surface area contributed by atoms with E-state index in [-0.39, 0.29) is 11.7 Å². The molecule has 2 aromatic carbocycles. The standard InChI is InChI=1S/C20H19FN2OS/c1-14-12-20(23-18-5-3-2-4-17(14)18)25-13-19(24)22-11-10-15-6-8-16(21)9-7-15/h2-9,12H,10-11,13H2,1H3,(H,22,24). The zero-order valence-electron chi connectivity index (χ0n) is 14.0. The maximum absolute atomic E-state index is 12.8. The van der Waals surface area contributed by atoms with Gasteiger partial charge in [0.05, 0.1) is 16.3 Å². The van der Waals surface area contributed by atoms with Crippen LogP contribution >= 0.6 is 11.8 Å². The Morgan fingerprint density at radius 3 is 2.72 bits per heavy atom. The van der Waals surface area contributed by atoms with Gasteiger partial charge < -0.3 is 5.32 Å². The number of thioether (sulfide) groups is 1. The number of carbonyl (C=O) groups excluding carboxylic acids is 1. The highest BCUT2D eigenvalue weighted by Crippen LogP contribution is 2.23. The highest BCUT2D eigenvalue weighted by molar-refractivity contribution is 7.99. The normalized spacial score (nSPS) is 10.8. The van der Waals surface area contributed by atoms with E-state index in [1.807, 2.05) is 30.3 Å². The Morgan fingerprint density at radius 1 is 1.16 bits per heavy atom. The number of benzene rings is 2. The molecule has 0 atom stereocenters. The van der Waals surface area contributed by atoms with Gasteiger partial charge in [0.2, 0.25) is 5.91 Å². The zero-order valence-corrected chi connectivity index (χ0v) is 14.8. The highest BCUT2D eigenvalue weighted by atomic mass is 32.2. The van der Waals surface area contributed by atoms with Crippen LogP contribution in [0.1, 0.15) is 11.1 Å². The Hall–Kier alpha value is -2.40. The fourth-order valence-electron chi connectivity index (χ4n) is 2.58. The van der Waals surface area contributed by atoms with Crippen molar-refractivity contribution in [2.45, 2.75) is 18.4 Å². The van der Waals surface area contributed by atoms with Gasteiger partial charge in [0.25, 0.3) is 0 Å². The number of amides is 1. The van der Waals surface area contributed by atoms with Gasteiger partial charge in [-0.2, -0.15) is 0 Å². The predicted octanol–water partition coefficient (Wildman–Crippen LogP) is 4.13. The molecule has 0 aliphatic heterocycles. The van der Waals surface area contributed by atoms with Gasteiger partial charge in [0, 0.05) is 11.9 Å².